The topological polar surface area (TPSA) is 0 Å². The molecule has 0 aliphatic rings. The molecule has 0 radical (unpaired) electrons. The highest BCUT2D eigenvalue weighted by Crippen LogP contribution is 2.33. The van der Waals surface area contributed by atoms with E-state index >= 15 is 0 Å². The molecule has 0 saturated carbocycles. The number of hydrogen-bond donors (Lipinski definition) is 0. The number of rotatable bonds is 3. The molecule has 68 valence electrons. The van der Waals surface area contributed by atoms with E-state index in [0.717, 1.165) is 5.33 Å². The SMILES string of the molecule is CC(CBr)C(C)c1ccc(Br)s1. The summed E-state index contributed by atoms with van der Waals surface area (Å²) >= 11 is 8.83. The normalized spacial score (nSPS) is 16.0. The molecule has 12 heavy (non-hydrogen) atoms. The Morgan fingerprint density at radius 1 is 1.42 bits per heavy atom. The Kier molecular flexibility index (Phi) is 4.27. The molecule has 0 aliphatic carbocycles. The summed E-state index contributed by atoms with van der Waals surface area (Å²) in [5.74, 6) is 1.36. The van der Waals surface area contributed by atoms with Crippen LogP contribution in [-0.4, -0.2) is 5.33 Å². The predicted octanol–water partition coefficient (Wildman–Crippen LogP) is 4.65. The largest absolute Gasteiger partial charge is 0.133 e. The average molecular weight is 312 g/mol. The summed E-state index contributed by atoms with van der Waals surface area (Å²) in [6.07, 6.45) is 0. The van der Waals surface area contributed by atoms with Crippen molar-refractivity contribution < 1.29 is 0 Å². The molecular weight excluding hydrogens is 300 g/mol. The predicted molar refractivity (Wildman–Crippen MR) is 63.4 cm³/mol. The van der Waals surface area contributed by atoms with Crippen LogP contribution in [0, 0.1) is 5.92 Å². The van der Waals surface area contributed by atoms with Crippen LogP contribution in [0.4, 0.5) is 0 Å². The average Bonchev–Trinajstić information content (AvgIpc) is 2.49. The van der Waals surface area contributed by atoms with Gasteiger partial charge in [-0.1, -0.05) is 29.8 Å². The molecule has 1 rings (SSSR count). The highest BCUT2D eigenvalue weighted by Gasteiger charge is 2.14. The molecule has 0 nitrogen and oxygen atoms in total. The summed E-state index contributed by atoms with van der Waals surface area (Å²) < 4.78 is 1.23. The summed E-state index contributed by atoms with van der Waals surface area (Å²) in [5.41, 5.74) is 0. The Hall–Kier alpha value is 0.660. The van der Waals surface area contributed by atoms with Gasteiger partial charge in [-0.3, -0.25) is 0 Å². The standard InChI is InChI=1S/C9H12Br2S/c1-6(5-10)7(2)8-3-4-9(11)12-8/h3-4,6-7H,5H2,1-2H3. The minimum absolute atomic E-state index is 0.653. The van der Waals surface area contributed by atoms with Crippen molar-refractivity contribution >= 4 is 43.2 Å². The number of alkyl halides is 1. The summed E-state index contributed by atoms with van der Waals surface area (Å²) in [6.45, 7) is 4.55. The van der Waals surface area contributed by atoms with Gasteiger partial charge in [0.1, 0.15) is 0 Å². The lowest BCUT2D eigenvalue weighted by molar-refractivity contribution is 0.555. The monoisotopic (exact) mass is 310 g/mol. The van der Waals surface area contributed by atoms with E-state index in [1.54, 1.807) is 0 Å². The zero-order chi connectivity index (χ0) is 9.14. The summed E-state index contributed by atoms with van der Waals surface area (Å²) in [4.78, 5) is 1.47. The van der Waals surface area contributed by atoms with Crippen molar-refractivity contribution in [3.63, 3.8) is 0 Å². The van der Waals surface area contributed by atoms with E-state index in [-0.39, 0.29) is 0 Å². The smallest absolute Gasteiger partial charge is 0.0701 e. The van der Waals surface area contributed by atoms with Crippen molar-refractivity contribution in [3.8, 4) is 0 Å². The molecule has 0 aromatic carbocycles. The second-order valence-corrected chi connectivity index (χ2v) is 6.20. The van der Waals surface area contributed by atoms with Gasteiger partial charge in [-0.2, -0.15) is 0 Å². The Bertz CT molecular complexity index is 244. The van der Waals surface area contributed by atoms with E-state index in [4.69, 9.17) is 0 Å². The Balaban J connectivity index is 2.70. The summed E-state index contributed by atoms with van der Waals surface area (Å²) in [6, 6.07) is 4.33. The second kappa shape index (κ2) is 4.77. The van der Waals surface area contributed by atoms with Gasteiger partial charge in [-0.25, -0.2) is 0 Å². The minimum Gasteiger partial charge on any atom is -0.133 e. The first kappa shape index (κ1) is 10.7. The first-order chi connectivity index (χ1) is 5.65. The number of hydrogen-bond acceptors (Lipinski definition) is 1. The van der Waals surface area contributed by atoms with Crippen LogP contribution >= 0.6 is 43.2 Å². The van der Waals surface area contributed by atoms with Gasteiger partial charge in [0.15, 0.2) is 0 Å². The molecular formula is C9H12Br2S. The molecule has 0 N–H and O–H groups in total. The first-order valence-corrected chi connectivity index (χ1v) is 6.69. The van der Waals surface area contributed by atoms with Crippen molar-refractivity contribution in [3.05, 3.63) is 20.8 Å². The summed E-state index contributed by atoms with van der Waals surface area (Å²) in [5, 5.41) is 1.07. The van der Waals surface area contributed by atoms with Crippen molar-refractivity contribution in [1.29, 1.82) is 0 Å². The van der Waals surface area contributed by atoms with Crippen LogP contribution in [-0.2, 0) is 0 Å². The molecule has 0 amide bonds. The van der Waals surface area contributed by atoms with Gasteiger partial charge in [-0.15, -0.1) is 11.3 Å². The van der Waals surface area contributed by atoms with Crippen LogP contribution < -0.4 is 0 Å². The Morgan fingerprint density at radius 2 is 2.08 bits per heavy atom. The van der Waals surface area contributed by atoms with Gasteiger partial charge in [0, 0.05) is 10.2 Å². The van der Waals surface area contributed by atoms with E-state index in [1.165, 1.54) is 8.66 Å². The van der Waals surface area contributed by atoms with Crippen molar-refractivity contribution in [1.82, 2.24) is 0 Å². The van der Waals surface area contributed by atoms with Crippen LogP contribution in [0.1, 0.15) is 24.6 Å². The van der Waals surface area contributed by atoms with Gasteiger partial charge in [-0.05, 0) is 39.9 Å². The third-order valence-electron chi connectivity index (χ3n) is 2.14. The van der Waals surface area contributed by atoms with Gasteiger partial charge in [0.25, 0.3) is 0 Å². The lowest BCUT2D eigenvalue weighted by Gasteiger charge is -2.15. The molecule has 1 aromatic heterocycles. The maximum absolute atomic E-state index is 3.51. The van der Waals surface area contributed by atoms with E-state index in [0.29, 0.717) is 11.8 Å². The molecule has 0 fully saturated rings. The number of halogens is 2. The van der Waals surface area contributed by atoms with Crippen LogP contribution in [0.5, 0.6) is 0 Å². The zero-order valence-corrected chi connectivity index (χ0v) is 11.2. The van der Waals surface area contributed by atoms with Crippen LogP contribution in [0.2, 0.25) is 0 Å². The van der Waals surface area contributed by atoms with Crippen molar-refractivity contribution in [2.75, 3.05) is 5.33 Å². The fourth-order valence-electron chi connectivity index (χ4n) is 0.987. The van der Waals surface area contributed by atoms with Gasteiger partial charge in [0.05, 0.1) is 3.79 Å². The van der Waals surface area contributed by atoms with Crippen LogP contribution in [0.3, 0.4) is 0 Å². The van der Waals surface area contributed by atoms with E-state index < -0.39 is 0 Å². The molecule has 3 heteroatoms. The lowest BCUT2D eigenvalue weighted by Crippen LogP contribution is -2.05. The molecule has 0 saturated heterocycles. The zero-order valence-electron chi connectivity index (χ0n) is 7.18. The quantitative estimate of drug-likeness (QED) is 0.713. The maximum atomic E-state index is 3.51. The van der Waals surface area contributed by atoms with Crippen LogP contribution in [0.15, 0.2) is 15.9 Å². The molecule has 2 atom stereocenters. The van der Waals surface area contributed by atoms with E-state index in [9.17, 15) is 0 Å². The molecule has 2 unspecified atom stereocenters. The fourth-order valence-corrected chi connectivity index (χ4v) is 3.16. The molecule has 0 spiro atoms. The second-order valence-electron chi connectivity index (χ2n) is 3.06. The molecule has 1 aromatic rings. The van der Waals surface area contributed by atoms with Crippen molar-refractivity contribution in [2.45, 2.75) is 19.8 Å². The summed E-state index contributed by atoms with van der Waals surface area (Å²) in [7, 11) is 0. The van der Waals surface area contributed by atoms with E-state index in [2.05, 4.69) is 57.8 Å². The maximum Gasteiger partial charge on any atom is 0.0701 e. The minimum atomic E-state index is 0.653. The third-order valence-corrected chi connectivity index (χ3v) is 4.99. The van der Waals surface area contributed by atoms with Crippen molar-refractivity contribution in [2.24, 2.45) is 5.92 Å². The van der Waals surface area contributed by atoms with Gasteiger partial charge in [0.2, 0.25) is 0 Å². The third kappa shape index (κ3) is 2.57. The van der Waals surface area contributed by atoms with Crippen LogP contribution in [0.25, 0.3) is 0 Å². The van der Waals surface area contributed by atoms with Gasteiger partial charge < -0.3 is 0 Å². The molecule has 0 bridgehead atoms. The fraction of sp³-hybridized carbons (Fsp3) is 0.556. The number of thiophene rings is 1. The highest BCUT2D eigenvalue weighted by atomic mass is 79.9. The van der Waals surface area contributed by atoms with Gasteiger partial charge >= 0.3 is 0 Å². The Morgan fingerprint density at radius 3 is 2.50 bits per heavy atom. The first-order valence-electron chi connectivity index (χ1n) is 3.96. The molecule has 0 aliphatic heterocycles. The Labute approximate surface area is 94.6 Å². The highest BCUT2D eigenvalue weighted by molar-refractivity contribution is 9.11. The van der Waals surface area contributed by atoms with E-state index in [1.807, 2.05) is 11.3 Å². The molecule has 1 heterocycles. The lowest BCUT2D eigenvalue weighted by atomic mass is 9.97.